The summed E-state index contributed by atoms with van der Waals surface area (Å²) in [6, 6.07) is 0.119. The summed E-state index contributed by atoms with van der Waals surface area (Å²) < 4.78 is 5.28. The van der Waals surface area contributed by atoms with E-state index in [9.17, 15) is 4.79 Å². The molecule has 0 aromatic carbocycles. The van der Waals surface area contributed by atoms with Crippen molar-refractivity contribution in [1.82, 2.24) is 4.90 Å². The monoisotopic (exact) mass is 216 g/mol. The van der Waals surface area contributed by atoms with Crippen LogP contribution in [0.4, 0.5) is 4.79 Å². The standard InChI is InChI=1S/C10H20N2O3/c1-7-5-8(15-11)6-12(7)9(13)14-10(2,3)4/h7-8H,5-6,11H2,1-4H3/t7-,8-/m1/s1. The van der Waals surface area contributed by atoms with E-state index in [1.54, 1.807) is 4.90 Å². The number of hydrogen-bond donors (Lipinski definition) is 1. The predicted octanol–water partition coefficient (Wildman–Crippen LogP) is 1.27. The summed E-state index contributed by atoms with van der Waals surface area (Å²) in [5.41, 5.74) is -0.460. The molecule has 0 saturated carbocycles. The molecular formula is C10H20N2O3. The van der Waals surface area contributed by atoms with Crippen LogP contribution in [0.5, 0.6) is 0 Å². The van der Waals surface area contributed by atoms with Gasteiger partial charge < -0.3 is 9.64 Å². The zero-order valence-corrected chi connectivity index (χ0v) is 9.82. The minimum Gasteiger partial charge on any atom is -0.444 e. The van der Waals surface area contributed by atoms with Gasteiger partial charge in [-0.2, -0.15) is 0 Å². The highest BCUT2D eigenvalue weighted by Gasteiger charge is 2.35. The number of carbonyl (C=O) groups is 1. The minimum atomic E-state index is -0.460. The zero-order chi connectivity index (χ0) is 11.6. The van der Waals surface area contributed by atoms with E-state index in [0.29, 0.717) is 6.54 Å². The van der Waals surface area contributed by atoms with Gasteiger partial charge in [0.1, 0.15) is 5.60 Å². The van der Waals surface area contributed by atoms with Gasteiger partial charge >= 0.3 is 6.09 Å². The van der Waals surface area contributed by atoms with E-state index in [2.05, 4.69) is 0 Å². The molecule has 0 aliphatic carbocycles. The molecular weight excluding hydrogens is 196 g/mol. The Balaban J connectivity index is 2.54. The van der Waals surface area contributed by atoms with Gasteiger partial charge in [0, 0.05) is 6.04 Å². The van der Waals surface area contributed by atoms with Gasteiger partial charge in [0.05, 0.1) is 12.6 Å². The lowest BCUT2D eigenvalue weighted by atomic mass is 10.2. The molecule has 1 aliphatic heterocycles. The third-order valence-corrected chi connectivity index (χ3v) is 2.36. The first-order valence-corrected chi connectivity index (χ1v) is 5.18. The number of ether oxygens (including phenoxy) is 1. The Kier molecular flexibility index (Phi) is 3.57. The number of likely N-dealkylation sites (tertiary alicyclic amines) is 1. The van der Waals surface area contributed by atoms with Crippen LogP contribution in [0.1, 0.15) is 34.1 Å². The molecule has 1 rings (SSSR count). The predicted molar refractivity (Wildman–Crippen MR) is 56.1 cm³/mol. The van der Waals surface area contributed by atoms with Gasteiger partial charge in [0.15, 0.2) is 0 Å². The fraction of sp³-hybridized carbons (Fsp3) is 0.900. The highest BCUT2D eigenvalue weighted by molar-refractivity contribution is 5.69. The first kappa shape index (κ1) is 12.3. The maximum absolute atomic E-state index is 11.7. The maximum atomic E-state index is 11.7. The Morgan fingerprint density at radius 2 is 2.07 bits per heavy atom. The van der Waals surface area contributed by atoms with Crippen molar-refractivity contribution in [2.24, 2.45) is 5.90 Å². The lowest BCUT2D eigenvalue weighted by Gasteiger charge is -2.26. The topological polar surface area (TPSA) is 64.8 Å². The summed E-state index contributed by atoms with van der Waals surface area (Å²) in [5.74, 6) is 5.11. The molecule has 0 unspecified atom stereocenters. The van der Waals surface area contributed by atoms with Crippen LogP contribution in [-0.4, -0.2) is 35.3 Å². The van der Waals surface area contributed by atoms with Gasteiger partial charge in [-0.1, -0.05) is 0 Å². The van der Waals surface area contributed by atoms with Crippen LogP contribution < -0.4 is 5.90 Å². The highest BCUT2D eigenvalue weighted by atomic mass is 16.6. The van der Waals surface area contributed by atoms with Crippen molar-refractivity contribution in [2.45, 2.75) is 51.9 Å². The third kappa shape index (κ3) is 3.35. The van der Waals surface area contributed by atoms with Crippen LogP contribution in [0, 0.1) is 0 Å². The second kappa shape index (κ2) is 4.37. The van der Waals surface area contributed by atoms with Gasteiger partial charge in [-0.05, 0) is 34.1 Å². The van der Waals surface area contributed by atoms with Crippen molar-refractivity contribution in [3.8, 4) is 0 Å². The SMILES string of the molecule is C[C@@H]1C[C@@H](ON)CN1C(=O)OC(C)(C)C. The first-order valence-electron chi connectivity index (χ1n) is 5.18. The summed E-state index contributed by atoms with van der Waals surface area (Å²) in [6.45, 7) is 8.02. The van der Waals surface area contributed by atoms with Crippen LogP contribution in [0.3, 0.4) is 0 Å². The van der Waals surface area contributed by atoms with Crippen LogP contribution >= 0.6 is 0 Å². The lowest BCUT2D eigenvalue weighted by Crippen LogP contribution is -2.39. The van der Waals surface area contributed by atoms with Crippen molar-refractivity contribution in [3.63, 3.8) is 0 Å². The number of amides is 1. The number of rotatable bonds is 1. The second-order valence-electron chi connectivity index (χ2n) is 4.98. The second-order valence-corrected chi connectivity index (χ2v) is 4.98. The van der Waals surface area contributed by atoms with Crippen LogP contribution in [0.15, 0.2) is 0 Å². The molecule has 0 spiro atoms. The number of nitrogens with two attached hydrogens (primary N) is 1. The smallest absolute Gasteiger partial charge is 0.410 e. The number of carbonyl (C=O) groups excluding carboxylic acids is 1. The Morgan fingerprint density at radius 3 is 2.47 bits per heavy atom. The molecule has 0 radical (unpaired) electrons. The molecule has 88 valence electrons. The Hall–Kier alpha value is -0.810. The maximum Gasteiger partial charge on any atom is 0.410 e. The minimum absolute atomic E-state index is 0.0764. The lowest BCUT2D eigenvalue weighted by molar-refractivity contribution is 0.0176. The van der Waals surface area contributed by atoms with Crippen molar-refractivity contribution in [3.05, 3.63) is 0 Å². The Labute approximate surface area is 90.5 Å². The van der Waals surface area contributed by atoms with Crippen molar-refractivity contribution in [1.29, 1.82) is 0 Å². The summed E-state index contributed by atoms with van der Waals surface area (Å²) in [6.07, 6.45) is 0.387. The number of nitrogens with zero attached hydrogens (tertiary/aromatic N) is 1. The summed E-state index contributed by atoms with van der Waals surface area (Å²) >= 11 is 0. The molecule has 1 aliphatic rings. The summed E-state index contributed by atoms with van der Waals surface area (Å²) in [7, 11) is 0. The molecule has 5 nitrogen and oxygen atoms in total. The molecule has 2 atom stereocenters. The Bertz CT molecular complexity index is 237. The average Bonchev–Trinajstić information content (AvgIpc) is 2.43. The van der Waals surface area contributed by atoms with Crippen molar-refractivity contribution >= 4 is 6.09 Å². The van der Waals surface area contributed by atoms with E-state index in [-0.39, 0.29) is 18.2 Å². The molecule has 0 aromatic heterocycles. The zero-order valence-electron chi connectivity index (χ0n) is 9.82. The van der Waals surface area contributed by atoms with Gasteiger partial charge in [-0.15, -0.1) is 0 Å². The van der Waals surface area contributed by atoms with E-state index >= 15 is 0 Å². The molecule has 0 bridgehead atoms. The van der Waals surface area contributed by atoms with Crippen LogP contribution in [0.25, 0.3) is 0 Å². The van der Waals surface area contributed by atoms with Gasteiger partial charge in [-0.3, -0.25) is 4.84 Å². The largest absolute Gasteiger partial charge is 0.444 e. The Morgan fingerprint density at radius 1 is 1.47 bits per heavy atom. The quantitative estimate of drug-likeness (QED) is 0.670. The fourth-order valence-corrected chi connectivity index (χ4v) is 1.66. The summed E-state index contributed by atoms with van der Waals surface area (Å²) in [4.78, 5) is 18.1. The molecule has 0 aromatic rings. The average molecular weight is 216 g/mol. The highest BCUT2D eigenvalue weighted by Crippen LogP contribution is 2.21. The van der Waals surface area contributed by atoms with Gasteiger partial charge in [0.25, 0.3) is 0 Å². The molecule has 1 heterocycles. The molecule has 1 saturated heterocycles. The summed E-state index contributed by atoms with van der Waals surface area (Å²) in [5, 5.41) is 0. The normalized spacial score (nSPS) is 26.9. The van der Waals surface area contributed by atoms with Crippen LogP contribution in [0.2, 0.25) is 0 Å². The molecule has 2 N–H and O–H groups in total. The van der Waals surface area contributed by atoms with E-state index in [0.717, 1.165) is 6.42 Å². The van der Waals surface area contributed by atoms with E-state index in [1.807, 2.05) is 27.7 Å². The van der Waals surface area contributed by atoms with E-state index in [4.69, 9.17) is 15.5 Å². The third-order valence-electron chi connectivity index (χ3n) is 2.36. The van der Waals surface area contributed by atoms with E-state index in [1.165, 1.54) is 0 Å². The number of hydrogen-bond acceptors (Lipinski definition) is 4. The van der Waals surface area contributed by atoms with E-state index < -0.39 is 5.60 Å². The first-order chi connectivity index (χ1) is 6.83. The molecule has 5 heteroatoms. The molecule has 1 amide bonds. The van der Waals surface area contributed by atoms with Crippen molar-refractivity contribution in [2.75, 3.05) is 6.54 Å². The van der Waals surface area contributed by atoms with Crippen LogP contribution in [-0.2, 0) is 9.57 Å². The van der Waals surface area contributed by atoms with Crippen molar-refractivity contribution < 1.29 is 14.4 Å². The van der Waals surface area contributed by atoms with Gasteiger partial charge in [0.2, 0.25) is 0 Å². The fourth-order valence-electron chi connectivity index (χ4n) is 1.66. The molecule has 15 heavy (non-hydrogen) atoms. The van der Waals surface area contributed by atoms with Gasteiger partial charge in [-0.25, -0.2) is 10.7 Å². The molecule has 1 fully saturated rings.